The molecule has 114 valence electrons. The average Bonchev–Trinajstić information content (AvgIpc) is 2.94. The number of carbonyl (C=O) groups is 1. The number of para-hydroxylation sites is 1. The van der Waals surface area contributed by atoms with E-state index in [2.05, 4.69) is 5.32 Å². The van der Waals surface area contributed by atoms with Crippen LogP contribution in [0.3, 0.4) is 0 Å². The molecule has 4 nitrogen and oxygen atoms in total. The highest BCUT2D eigenvalue weighted by atomic mass is 16.3. The van der Waals surface area contributed by atoms with Crippen LogP contribution in [0.15, 0.2) is 34.7 Å². The quantitative estimate of drug-likeness (QED) is 0.888. The summed E-state index contributed by atoms with van der Waals surface area (Å²) < 4.78 is 5.85. The fourth-order valence-corrected chi connectivity index (χ4v) is 2.39. The molecule has 0 radical (unpaired) electrons. The molecule has 1 aromatic carbocycles. The van der Waals surface area contributed by atoms with Gasteiger partial charge < -0.3 is 14.6 Å². The summed E-state index contributed by atoms with van der Waals surface area (Å²) in [5.41, 5.74) is 0.862. The zero-order chi connectivity index (χ0) is 15.4. The molecule has 2 aromatic rings. The number of hydrogen-bond donors (Lipinski definition) is 1. The Morgan fingerprint density at radius 2 is 2.05 bits per heavy atom. The van der Waals surface area contributed by atoms with Gasteiger partial charge in [0.1, 0.15) is 11.3 Å². The Kier molecular flexibility index (Phi) is 5.02. The Labute approximate surface area is 126 Å². The highest BCUT2D eigenvalue weighted by molar-refractivity contribution is 5.80. The van der Waals surface area contributed by atoms with E-state index in [-0.39, 0.29) is 17.9 Å². The molecule has 1 N–H and O–H groups in total. The number of benzene rings is 1. The Hall–Kier alpha value is -1.81. The van der Waals surface area contributed by atoms with Crippen LogP contribution >= 0.6 is 0 Å². The summed E-state index contributed by atoms with van der Waals surface area (Å²) in [4.78, 5) is 14.2. The van der Waals surface area contributed by atoms with Crippen LogP contribution in [0.25, 0.3) is 11.0 Å². The molecular weight excluding hydrogens is 264 g/mol. The van der Waals surface area contributed by atoms with Crippen LogP contribution in [0.1, 0.15) is 32.6 Å². The van der Waals surface area contributed by atoms with Crippen LogP contribution in [-0.2, 0) is 4.79 Å². The van der Waals surface area contributed by atoms with Crippen molar-refractivity contribution in [2.75, 3.05) is 20.1 Å². The molecule has 2 atom stereocenters. The largest absolute Gasteiger partial charge is 0.459 e. The van der Waals surface area contributed by atoms with Gasteiger partial charge in [0.25, 0.3) is 0 Å². The molecular formula is C17H24N2O2. The lowest BCUT2D eigenvalue weighted by atomic mass is 10.1. The maximum atomic E-state index is 12.4. The van der Waals surface area contributed by atoms with Crippen LogP contribution in [0.2, 0.25) is 0 Å². The lowest BCUT2D eigenvalue weighted by Gasteiger charge is -2.26. The van der Waals surface area contributed by atoms with Crippen LogP contribution in [0, 0.1) is 5.92 Å². The van der Waals surface area contributed by atoms with E-state index in [1.165, 1.54) is 0 Å². The number of amides is 1. The summed E-state index contributed by atoms with van der Waals surface area (Å²) in [6.45, 7) is 7.56. The first-order valence-electron chi connectivity index (χ1n) is 7.50. The smallest absolute Gasteiger partial charge is 0.227 e. The molecule has 0 aliphatic rings. The Morgan fingerprint density at radius 1 is 1.33 bits per heavy atom. The number of nitrogens with one attached hydrogen (secondary N) is 1. The molecule has 21 heavy (non-hydrogen) atoms. The topological polar surface area (TPSA) is 45.5 Å². The van der Waals surface area contributed by atoms with Gasteiger partial charge >= 0.3 is 0 Å². The van der Waals surface area contributed by atoms with E-state index in [4.69, 9.17) is 4.42 Å². The number of furan rings is 1. The number of nitrogens with zero attached hydrogens (tertiary/aromatic N) is 1. The molecule has 4 heteroatoms. The van der Waals surface area contributed by atoms with E-state index >= 15 is 0 Å². The molecule has 1 aromatic heterocycles. The van der Waals surface area contributed by atoms with Crippen molar-refractivity contribution in [3.8, 4) is 0 Å². The molecule has 1 heterocycles. The van der Waals surface area contributed by atoms with Crippen molar-refractivity contribution in [2.24, 2.45) is 5.92 Å². The summed E-state index contributed by atoms with van der Waals surface area (Å²) >= 11 is 0. The van der Waals surface area contributed by atoms with Crippen LogP contribution in [0.4, 0.5) is 0 Å². The number of fused-ring (bicyclic) bond motifs is 1. The first kappa shape index (κ1) is 15.6. The summed E-state index contributed by atoms with van der Waals surface area (Å²) in [5, 5.41) is 4.28. The zero-order valence-corrected chi connectivity index (χ0v) is 13.2. The summed E-state index contributed by atoms with van der Waals surface area (Å²) in [6, 6.07) is 9.84. The first-order chi connectivity index (χ1) is 10.0. The van der Waals surface area contributed by atoms with E-state index in [9.17, 15) is 4.79 Å². The normalized spacial score (nSPS) is 14.1. The van der Waals surface area contributed by atoms with Crippen molar-refractivity contribution < 1.29 is 9.21 Å². The van der Waals surface area contributed by atoms with Crippen molar-refractivity contribution >= 4 is 16.9 Å². The van der Waals surface area contributed by atoms with Gasteiger partial charge in [-0.05, 0) is 25.6 Å². The second-order valence-electron chi connectivity index (χ2n) is 5.52. The fraction of sp³-hybridized carbons (Fsp3) is 0.471. The third-order valence-electron chi connectivity index (χ3n) is 3.91. The Morgan fingerprint density at radius 3 is 2.71 bits per heavy atom. The third kappa shape index (κ3) is 3.45. The molecule has 0 fully saturated rings. The predicted octanol–water partition coefficient (Wildman–Crippen LogP) is 3.20. The highest BCUT2D eigenvalue weighted by Crippen LogP contribution is 2.27. The molecule has 0 bridgehead atoms. The monoisotopic (exact) mass is 288 g/mol. The van der Waals surface area contributed by atoms with Gasteiger partial charge in [-0.2, -0.15) is 0 Å². The molecule has 0 aliphatic carbocycles. The standard InChI is InChI=1S/C17H24N2O2/c1-5-18-11-12(2)17(20)19(4)13(3)16-10-14-8-6-7-9-15(14)21-16/h6-10,12-13,18H,5,11H2,1-4H3. The SMILES string of the molecule is CCNCC(C)C(=O)N(C)C(C)c1cc2ccccc2o1. The van der Waals surface area contributed by atoms with E-state index in [1.807, 2.05) is 58.2 Å². The number of hydrogen-bond acceptors (Lipinski definition) is 3. The van der Waals surface area contributed by atoms with Crippen LogP contribution in [-0.4, -0.2) is 30.9 Å². The van der Waals surface area contributed by atoms with Gasteiger partial charge in [-0.3, -0.25) is 4.79 Å². The van der Waals surface area contributed by atoms with Crippen molar-refractivity contribution in [2.45, 2.75) is 26.8 Å². The Bertz CT molecular complexity index is 573. The molecule has 0 saturated carbocycles. The fourth-order valence-electron chi connectivity index (χ4n) is 2.39. The maximum Gasteiger partial charge on any atom is 0.227 e. The van der Waals surface area contributed by atoms with E-state index in [0.29, 0.717) is 6.54 Å². The van der Waals surface area contributed by atoms with Gasteiger partial charge in [-0.25, -0.2) is 0 Å². The van der Waals surface area contributed by atoms with Gasteiger partial charge in [0.05, 0.1) is 6.04 Å². The lowest BCUT2D eigenvalue weighted by molar-refractivity contribution is -0.135. The molecule has 2 unspecified atom stereocenters. The number of carbonyl (C=O) groups excluding carboxylic acids is 1. The second-order valence-corrected chi connectivity index (χ2v) is 5.52. The summed E-state index contributed by atoms with van der Waals surface area (Å²) in [7, 11) is 1.84. The van der Waals surface area contributed by atoms with Crippen molar-refractivity contribution in [3.05, 3.63) is 36.1 Å². The molecule has 0 aliphatic heterocycles. The van der Waals surface area contributed by atoms with Gasteiger partial charge in [0, 0.05) is 24.9 Å². The minimum absolute atomic E-state index is 0.0400. The summed E-state index contributed by atoms with van der Waals surface area (Å²) in [6.07, 6.45) is 0. The van der Waals surface area contributed by atoms with Crippen LogP contribution < -0.4 is 5.32 Å². The van der Waals surface area contributed by atoms with E-state index < -0.39 is 0 Å². The van der Waals surface area contributed by atoms with Crippen molar-refractivity contribution in [1.29, 1.82) is 0 Å². The first-order valence-corrected chi connectivity index (χ1v) is 7.50. The van der Waals surface area contributed by atoms with Gasteiger partial charge in [0.15, 0.2) is 0 Å². The highest BCUT2D eigenvalue weighted by Gasteiger charge is 2.24. The van der Waals surface area contributed by atoms with Crippen LogP contribution in [0.5, 0.6) is 0 Å². The zero-order valence-electron chi connectivity index (χ0n) is 13.2. The molecule has 1 amide bonds. The molecule has 0 spiro atoms. The van der Waals surface area contributed by atoms with Gasteiger partial charge in [-0.15, -0.1) is 0 Å². The van der Waals surface area contributed by atoms with Crippen molar-refractivity contribution in [1.82, 2.24) is 10.2 Å². The third-order valence-corrected chi connectivity index (χ3v) is 3.91. The maximum absolute atomic E-state index is 12.4. The van der Waals surface area contributed by atoms with E-state index in [0.717, 1.165) is 23.3 Å². The average molecular weight is 288 g/mol. The molecule has 0 saturated heterocycles. The second kappa shape index (κ2) is 6.76. The van der Waals surface area contributed by atoms with Crippen molar-refractivity contribution in [3.63, 3.8) is 0 Å². The minimum atomic E-state index is -0.0750. The number of rotatable bonds is 6. The summed E-state index contributed by atoms with van der Waals surface area (Å²) in [5.74, 6) is 0.911. The van der Waals surface area contributed by atoms with Gasteiger partial charge in [0.2, 0.25) is 5.91 Å². The van der Waals surface area contributed by atoms with Gasteiger partial charge in [-0.1, -0.05) is 32.0 Å². The predicted molar refractivity (Wildman–Crippen MR) is 85.1 cm³/mol. The minimum Gasteiger partial charge on any atom is -0.459 e. The van der Waals surface area contributed by atoms with E-state index in [1.54, 1.807) is 4.90 Å². The Balaban J connectivity index is 2.10. The lowest BCUT2D eigenvalue weighted by Crippen LogP contribution is -2.38. The molecule has 2 rings (SSSR count).